The van der Waals surface area contributed by atoms with Crippen LogP contribution >= 0.6 is 0 Å². The van der Waals surface area contributed by atoms with E-state index >= 15 is 0 Å². The van der Waals surface area contributed by atoms with Gasteiger partial charge >= 0.3 is 11.9 Å². The fourth-order valence-electron chi connectivity index (χ4n) is 6.12. The lowest BCUT2D eigenvalue weighted by Gasteiger charge is -2.18. The van der Waals surface area contributed by atoms with Crippen LogP contribution in [0.2, 0.25) is 0 Å². The van der Waals surface area contributed by atoms with E-state index in [-0.39, 0.29) is 25.2 Å². The van der Waals surface area contributed by atoms with E-state index in [4.69, 9.17) is 14.2 Å². The molecule has 5 nitrogen and oxygen atoms in total. The van der Waals surface area contributed by atoms with Gasteiger partial charge in [0.15, 0.2) is 6.10 Å². The van der Waals surface area contributed by atoms with Crippen molar-refractivity contribution in [3.05, 3.63) is 24.3 Å². The van der Waals surface area contributed by atoms with Gasteiger partial charge in [0, 0.05) is 19.4 Å². The van der Waals surface area contributed by atoms with Crippen LogP contribution in [-0.2, 0) is 23.8 Å². The predicted molar refractivity (Wildman–Crippen MR) is 215 cm³/mol. The average molecular weight is 705 g/mol. The SMILES string of the molecule is CCCC/C=C\CCCCCCCC(=O)OCC(COCCCCCCCCCCCCCC)OC(=O)CCCCCCC/C=C\CCCC. The summed E-state index contributed by atoms with van der Waals surface area (Å²) in [7, 11) is 0. The third kappa shape index (κ3) is 39.2. The Bertz CT molecular complexity index is 761. The molecular weight excluding hydrogens is 620 g/mol. The van der Waals surface area contributed by atoms with E-state index in [0.717, 1.165) is 57.8 Å². The lowest BCUT2D eigenvalue weighted by Crippen LogP contribution is -2.30. The molecule has 0 rings (SSSR count). The molecule has 0 aliphatic heterocycles. The van der Waals surface area contributed by atoms with Crippen molar-refractivity contribution in [2.45, 2.75) is 232 Å². The van der Waals surface area contributed by atoms with Gasteiger partial charge < -0.3 is 14.2 Å². The first kappa shape index (κ1) is 48.4. The minimum Gasteiger partial charge on any atom is -0.462 e. The molecule has 0 amide bonds. The van der Waals surface area contributed by atoms with Gasteiger partial charge in [-0.25, -0.2) is 0 Å². The second-order valence-electron chi connectivity index (χ2n) is 14.6. The van der Waals surface area contributed by atoms with Crippen molar-refractivity contribution >= 4 is 11.9 Å². The number of rotatable bonds is 40. The molecule has 0 aromatic carbocycles. The first-order valence-electron chi connectivity index (χ1n) is 21.9. The number of carbonyl (C=O) groups is 2. The van der Waals surface area contributed by atoms with Crippen LogP contribution in [0, 0.1) is 0 Å². The largest absolute Gasteiger partial charge is 0.462 e. The summed E-state index contributed by atoms with van der Waals surface area (Å²) in [5.41, 5.74) is 0. The number of unbranched alkanes of at least 4 members (excludes halogenated alkanes) is 25. The zero-order valence-electron chi connectivity index (χ0n) is 33.7. The molecule has 5 heteroatoms. The lowest BCUT2D eigenvalue weighted by atomic mass is 10.1. The van der Waals surface area contributed by atoms with Crippen molar-refractivity contribution in [3.63, 3.8) is 0 Å². The van der Waals surface area contributed by atoms with Crippen molar-refractivity contribution in [2.24, 2.45) is 0 Å². The Labute approximate surface area is 311 Å². The van der Waals surface area contributed by atoms with Crippen LogP contribution in [-0.4, -0.2) is 37.9 Å². The number of allylic oxidation sites excluding steroid dienone is 4. The summed E-state index contributed by atoms with van der Waals surface area (Å²) in [5, 5.41) is 0. The molecule has 294 valence electrons. The third-order valence-corrected chi connectivity index (χ3v) is 9.46. The van der Waals surface area contributed by atoms with E-state index < -0.39 is 6.10 Å². The van der Waals surface area contributed by atoms with E-state index in [0.29, 0.717) is 19.4 Å². The molecule has 0 heterocycles. The Morgan fingerprint density at radius 3 is 1.28 bits per heavy atom. The highest BCUT2D eigenvalue weighted by Gasteiger charge is 2.17. The van der Waals surface area contributed by atoms with Crippen molar-refractivity contribution in [1.29, 1.82) is 0 Å². The van der Waals surface area contributed by atoms with Crippen molar-refractivity contribution < 1.29 is 23.8 Å². The van der Waals surface area contributed by atoms with E-state index in [9.17, 15) is 9.59 Å². The molecule has 0 aromatic heterocycles. The quantitative estimate of drug-likeness (QED) is 0.0361. The molecule has 1 unspecified atom stereocenters. The Kier molecular flexibility index (Phi) is 40.4. The number of esters is 2. The standard InChI is InChI=1S/C45H84O5/c1-4-7-10-13-16-19-22-25-28-31-34-37-40-48-41-43(50-45(47)39-36-33-30-27-24-21-18-15-12-9-6-3)42-49-44(46)38-35-32-29-26-23-20-17-14-11-8-5-2/h14-15,17-18,43H,4-13,16,19-42H2,1-3H3/b17-14-,18-15-. The molecule has 0 aliphatic rings. The van der Waals surface area contributed by atoms with E-state index in [1.807, 2.05) is 0 Å². The van der Waals surface area contributed by atoms with Crippen molar-refractivity contribution in [2.75, 3.05) is 19.8 Å². The molecule has 0 bridgehead atoms. The predicted octanol–water partition coefficient (Wildman–Crippen LogP) is 14.1. The topological polar surface area (TPSA) is 61.8 Å². The molecule has 0 aliphatic carbocycles. The van der Waals surface area contributed by atoms with Gasteiger partial charge in [-0.3, -0.25) is 9.59 Å². The molecule has 0 aromatic rings. The van der Waals surface area contributed by atoms with Gasteiger partial charge in [0.25, 0.3) is 0 Å². The molecule has 0 N–H and O–H groups in total. The summed E-state index contributed by atoms with van der Waals surface area (Å²) in [5.74, 6) is -0.412. The minimum absolute atomic E-state index is 0.0825. The maximum atomic E-state index is 12.7. The molecule has 0 saturated heterocycles. The van der Waals surface area contributed by atoms with Crippen LogP contribution in [0.25, 0.3) is 0 Å². The van der Waals surface area contributed by atoms with Gasteiger partial charge in [-0.2, -0.15) is 0 Å². The maximum Gasteiger partial charge on any atom is 0.306 e. The number of ether oxygens (including phenoxy) is 3. The normalized spacial score (nSPS) is 12.3. The fourth-order valence-corrected chi connectivity index (χ4v) is 6.12. The highest BCUT2D eigenvalue weighted by atomic mass is 16.6. The highest BCUT2D eigenvalue weighted by Crippen LogP contribution is 2.14. The molecule has 50 heavy (non-hydrogen) atoms. The summed E-state index contributed by atoms with van der Waals surface area (Å²) in [6.07, 6.45) is 45.9. The Morgan fingerprint density at radius 1 is 0.420 bits per heavy atom. The van der Waals surface area contributed by atoms with E-state index in [1.165, 1.54) is 135 Å². The lowest BCUT2D eigenvalue weighted by molar-refractivity contribution is -0.163. The molecule has 0 radical (unpaired) electrons. The smallest absolute Gasteiger partial charge is 0.306 e. The van der Waals surface area contributed by atoms with Gasteiger partial charge in [-0.15, -0.1) is 0 Å². The van der Waals surface area contributed by atoms with Crippen molar-refractivity contribution in [3.8, 4) is 0 Å². The molecule has 1 atom stereocenters. The van der Waals surface area contributed by atoms with Crippen LogP contribution < -0.4 is 0 Å². The second kappa shape index (κ2) is 41.8. The van der Waals surface area contributed by atoms with Crippen LogP contribution in [0.4, 0.5) is 0 Å². The zero-order valence-corrected chi connectivity index (χ0v) is 33.7. The number of carbonyl (C=O) groups excluding carboxylic acids is 2. The first-order valence-corrected chi connectivity index (χ1v) is 21.9. The average Bonchev–Trinajstić information content (AvgIpc) is 3.11. The Balaban J connectivity index is 4.25. The first-order chi connectivity index (χ1) is 24.6. The molecule has 0 spiro atoms. The summed E-state index contributed by atoms with van der Waals surface area (Å²) < 4.78 is 17.3. The highest BCUT2D eigenvalue weighted by molar-refractivity contribution is 5.70. The van der Waals surface area contributed by atoms with Gasteiger partial charge in [-0.05, 0) is 57.8 Å². The minimum atomic E-state index is -0.534. The molecule has 0 fully saturated rings. The summed E-state index contributed by atoms with van der Waals surface area (Å²) >= 11 is 0. The van der Waals surface area contributed by atoms with E-state index in [1.54, 1.807) is 0 Å². The van der Waals surface area contributed by atoms with E-state index in [2.05, 4.69) is 45.1 Å². The molecular formula is C45H84O5. The van der Waals surface area contributed by atoms with Gasteiger partial charge in [0.1, 0.15) is 6.61 Å². The fraction of sp³-hybridized carbons (Fsp3) is 0.867. The van der Waals surface area contributed by atoms with Crippen LogP contribution in [0.5, 0.6) is 0 Å². The van der Waals surface area contributed by atoms with Gasteiger partial charge in [-0.1, -0.05) is 180 Å². The van der Waals surface area contributed by atoms with Crippen LogP contribution in [0.1, 0.15) is 226 Å². The third-order valence-electron chi connectivity index (χ3n) is 9.46. The second-order valence-corrected chi connectivity index (χ2v) is 14.6. The number of hydrogen-bond acceptors (Lipinski definition) is 5. The summed E-state index contributed by atoms with van der Waals surface area (Å²) in [6, 6.07) is 0. The maximum absolute atomic E-state index is 12.7. The number of hydrogen-bond donors (Lipinski definition) is 0. The van der Waals surface area contributed by atoms with Gasteiger partial charge in [0.2, 0.25) is 0 Å². The Hall–Kier alpha value is -1.62. The monoisotopic (exact) mass is 705 g/mol. The molecule has 0 saturated carbocycles. The Morgan fingerprint density at radius 2 is 0.800 bits per heavy atom. The summed E-state index contributed by atoms with van der Waals surface area (Å²) in [4.78, 5) is 25.1. The summed E-state index contributed by atoms with van der Waals surface area (Å²) in [6.45, 7) is 7.75. The van der Waals surface area contributed by atoms with Gasteiger partial charge in [0.05, 0.1) is 6.61 Å². The van der Waals surface area contributed by atoms with Crippen molar-refractivity contribution in [1.82, 2.24) is 0 Å². The zero-order chi connectivity index (χ0) is 36.4. The van der Waals surface area contributed by atoms with Crippen LogP contribution in [0.15, 0.2) is 24.3 Å². The van der Waals surface area contributed by atoms with Crippen LogP contribution in [0.3, 0.4) is 0 Å².